The van der Waals surface area contributed by atoms with Crippen molar-refractivity contribution in [2.24, 2.45) is 7.05 Å². The van der Waals surface area contributed by atoms with Crippen LogP contribution in [0.3, 0.4) is 0 Å². The van der Waals surface area contributed by atoms with Crippen molar-refractivity contribution in [1.29, 1.82) is 0 Å². The van der Waals surface area contributed by atoms with E-state index in [4.69, 9.17) is 11.6 Å². The molecule has 1 unspecified atom stereocenters. The van der Waals surface area contributed by atoms with Gasteiger partial charge in [-0.15, -0.1) is 0 Å². The standard InChI is InChI=1S/C12H11ClF2N2O/c1-17-12(8(13)6-16-17)10(18)5-7-3-2-4-9(14)11(7)15/h2-4,6,10,18H,5H2,1H3. The highest BCUT2D eigenvalue weighted by molar-refractivity contribution is 6.31. The fraction of sp³-hybridized carbons (Fsp3) is 0.250. The van der Waals surface area contributed by atoms with Crippen molar-refractivity contribution in [3.8, 4) is 0 Å². The van der Waals surface area contributed by atoms with Crippen LogP contribution in [-0.2, 0) is 13.5 Å². The van der Waals surface area contributed by atoms with Crippen molar-refractivity contribution < 1.29 is 13.9 Å². The minimum absolute atomic E-state index is 0.0666. The van der Waals surface area contributed by atoms with Crippen LogP contribution in [0.1, 0.15) is 17.4 Å². The molecule has 0 aliphatic carbocycles. The van der Waals surface area contributed by atoms with E-state index in [2.05, 4.69) is 5.10 Å². The van der Waals surface area contributed by atoms with E-state index in [0.717, 1.165) is 6.07 Å². The summed E-state index contributed by atoms with van der Waals surface area (Å²) in [6.07, 6.45) is 0.284. The number of aliphatic hydroxyl groups is 1. The molecule has 0 spiro atoms. The Morgan fingerprint density at radius 3 is 2.78 bits per heavy atom. The van der Waals surface area contributed by atoms with Crippen LogP contribution in [0, 0.1) is 11.6 Å². The third-order valence-electron chi connectivity index (χ3n) is 2.70. The zero-order valence-corrected chi connectivity index (χ0v) is 10.3. The third-order valence-corrected chi connectivity index (χ3v) is 2.99. The van der Waals surface area contributed by atoms with E-state index in [1.54, 1.807) is 7.05 Å². The fourth-order valence-corrected chi connectivity index (χ4v) is 2.10. The Hall–Kier alpha value is -1.46. The van der Waals surface area contributed by atoms with E-state index in [1.807, 2.05) is 0 Å². The first-order valence-corrected chi connectivity index (χ1v) is 5.67. The summed E-state index contributed by atoms with van der Waals surface area (Å²) in [5.41, 5.74) is 0.472. The largest absolute Gasteiger partial charge is 0.386 e. The number of aliphatic hydroxyl groups excluding tert-OH is 1. The molecular formula is C12H11ClF2N2O. The maximum atomic E-state index is 13.5. The normalized spacial score (nSPS) is 12.7. The van der Waals surface area contributed by atoms with Gasteiger partial charge >= 0.3 is 0 Å². The molecule has 18 heavy (non-hydrogen) atoms. The lowest BCUT2D eigenvalue weighted by Gasteiger charge is -2.12. The summed E-state index contributed by atoms with van der Waals surface area (Å²) >= 11 is 5.87. The van der Waals surface area contributed by atoms with E-state index < -0.39 is 17.7 Å². The molecule has 0 aliphatic rings. The second kappa shape index (κ2) is 5.04. The van der Waals surface area contributed by atoms with Gasteiger partial charge in [-0.1, -0.05) is 23.7 Å². The van der Waals surface area contributed by atoms with Gasteiger partial charge in [0, 0.05) is 13.5 Å². The first-order chi connectivity index (χ1) is 8.50. The van der Waals surface area contributed by atoms with Crippen molar-refractivity contribution in [2.75, 3.05) is 0 Å². The fourth-order valence-electron chi connectivity index (χ4n) is 1.81. The summed E-state index contributed by atoms with van der Waals surface area (Å²) in [6, 6.07) is 3.85. The van der Waals surface area contributed by atoms with Crippen LogP contribution in [0.25, 0.3) is 0 Å². The first kappa shape index (κ1) is 13.0. The first-order valence-electron chi connectivity index (χ1n) is 5.29. The monoisotopic (exact) mass is 272 g/mol. The van der Waals surface area contributed by atoms with Crippen LogP contribution in [0.15, 0.2) is 24.4 Å². The topological polar surface area (TPSA) is 38.0 Å². The average Bonchev–Trinajstić information content (AvgIpc) is 2.65. The molecule has 1 aromatic carbocycles. The zero-order valence-electron chi connectivity index (χ0n) is 9.57. The molecule has 96 valence electrons. The Bertz CT molecular complexity index is 552. The Labute approximate surface area is 108 Å². The van der Waals surface area contributed by atoms with Gasteiger partial charge in [-0.2, -0.15) is 5.10 Å². The maximum absolute atomic E-state index is 13.5. The molecule has 1 atom stereocenters. The smallest absolute Gasteiger partial charge is 0.162 e. The summed E-state index contributed by atoms with van der Waals surface area (Å²) < 4.78 is 27.9. The number of hydrogen-bond acceptors (Lipinski definition) is 2. The van der Waals surface area contributed by atoms with Gasteiger partial charge in [-0.25, -0.2) is 8.78 Å². The van der Waals surface area contributed by atoms with Crippen LogP contribution in [-0.4, -0.2) is 14.9 Å². The van der Waals surface area contributed by atoms with Crippen LogP contribution in [0.5, 0.6) is 0 Å². The molecule has 1 heterocycles. The summed E-state index contributed by atoms with van der Waals surface area (Å²) in [5, 5.41) is 14.2. The molecule has 2 rings (SSSR count). The van der Waals surface area contributed by atoms with Gasteiger partial charge in [0.1, 0.15) is 6.10 Å². The third kappa shape index (κ3) is 2.37. The molecular weight excluding hydrogens is 262 g/mol. The molecule has 0 bridgehead atoms. The van der Waals surface area contributed by atoms with E-state index in [0.29, 0.717) is 10.7 Å². The van der Waals surface area contributed by atoms with E-state index >= 15 is 0 Å². The van der Waals surface area contributed by atoms with Gasteiger partial charge < -0.3 is 5.11 Å². The van der Waals surface area contributed by atoms with Crippen LogP contribution in [0.2, 0.25) is 5.02 Å². The van der Waals surface area contributed by atoms with E-state index in [9.17, 15) is 13.9 Å². The molecule has 1 aromatic heterocycles. The molecule has 6 heteroatoms. The summed E-state index contributed by atoms with van der Waals surface area (Å²) in [6.45, 7) is 0. The summed E-state index contributed by atoms with van der Waals surface area (Å²) in [5.74, 6) is -1.88. The van der Waals surface area contributed by atoms with E-state index in [1.165, 1.54) is 23.0 Å². The van der Waals surface area contributed by atoms with Gasteiger partial charge in [0.25, 0.3) is 0 Å². The number of rotatable bonds is 3. The maximum Gasteiger partial charge on any atom is 0.162 e. The predicted molar refractivity (Wildman–Crippen MR) is 63.2 cm³/mol. The van der Waals surface area contributed by atoms with Gasteiger partial charge in [0.2, 0.25) is 0 Å². The van der Waals surface area contributed by atoms with Gasteiger partial charge in [0.15, 0.2) is 11.6 Å². The Morgan fingerprint density at radius 1 is 1.44 bits per heavy atom. The lowest BCUT2D eigenvalue weighted by atomic mass is 10.0. The zero-order chi connectivity index (χ0) is 13.3. The van der Waals surface area contributed by atoms with Crippen molar-refractivity contribution in [3.63, 3.8) is 0 Å². The van der Waals surface area contributed by atoms with Crippen molar-refractivity contribution in [3.05, 3.63) is 52.3 Å². The van der Waals surface area contributed by atoms with Crippen molar-refractivity contribution >= 4 is 11.6 Å². The highest BCUT2D eigenvalue weighted by atomic mass is 35.5. The lowest BCUT2D eigenvalue weighted by Crippen LogP contribution is -2.10. The quantitative estimate of drug-likeness (QED) is 0.933. The van der Waals surface area contributed by atoms with Gasteiger partial charge in [0.05, 0.1) is 16.9 Å². The molecule has 1 N–H and O–H groups in total. The summed E-state index contributed by atoms with van der Waals surface area (Å²) in [7, 11) is 1.62. The van der Waals surface area contributed by atoms with Crippen LogP contribution in [0.4, 0.5) is 8.78 Å². The predicted octanol–water partition coefficient (Wildman–Crippen LogP) is 2.63. The van der Waals surface area contributed by atoms with Gasteiger partial charge in [-0.05, 0) is 11.6 Å². The number of aryl methyl sites for hydroxylation is 1. The Kier molecular flexibility index (Phi) is 3.63. The second-order valence-electron chi connectivity index (χ2n) is 3.93. The summed E-state index contributed by atoms with van der Waals surface area (Å²) in [4.78, 5) is 0. The van der Waals surface area contributed by atoms with Crippen LogP contribution < -0.4 is 0 Å². The molecule has 0 amide bonds. The molecule has 0 aliphatic heterocycles. The average molecular weight is 273 g/mol. The second-order valence-corrected chi connectivity index (χ2v) is 4.34. The number of aromatic nitrogens is 2. The highest BCUT2D eigenvalue weighted by Crippen LogP contribution is 2.26. The minimum Gasteiger partial charge on any atom is -0.386 e. The number of hydrogen-bond donors (Lipinski definition) is 1. The molecule has 0 saturated carbocycles. The molecule has 2 aromatic rings. The number of benzene rings is 1. The van der Waals surface area contributed by atoms with Crippen molar-refractivity contribution in [2.45, 2.75) is 12.5 Å². The minimum atomic E-state index is -1.04. The van der Waals surface area contributed by atoms with Crippen LogP contribution >= 0.6 is 11.6 Å². The molecule has 0 radical (unpaired) electrons. The van der Waals surface area contributed by atoms with Gasteiger partial charge in [-0.3, -0.25) is 4.68 Å². The van der Waals surface area contributed by atoms with E-state index in [-0.39, 0.29) is 12.0 Å². The molecule has 0 saturated heterocycles. The van der Waals surface area contributed by atoms with Crippen molar-refractivity contribution in [1.82, 2.24) is 9.78 Å². The Balaban J connectivity index is 2.27. The molecule has 3 nitrogen and oxygen atoms in total. The number of halogens is 3. The Morgan fingerprint density at radius 2 is 2.17 bits per heavy atom. The highest BCUT2D eigenvalue weighted by Gasteiger charge is 2.19. The SMILES string of the molecule is Cn1ncc(Cl)c1C(O)Cc1cccc(F)c1F. The lowest BCUT2D eigenvalue weighted by molar-refractivity contribution is 0.167. The molecule has 0 fully saturated rings. The number of nitrogens with zero attached hydrogens (tertiary/aromatic N) is 2.